The van der Waals surface area contributed by atoms with Crippen LogP contribution in [0, 0.1) is 0 Å². The standard InChI is InChI=1S/C22H23NOS3/c1-22(2,3)27(24)23(12-16-14-25-20-10-6-4-8-18(16)20)13-17-15-26-21-11-7-5-9-19(17)21/h4-11,14-15H,12-13H2,1-3H3. The second kappa shape index (κ2) is 7.47. The number of benzene rings is 2. The Kier molecular flexibility index (Phi) is 5.21. The zero-order chi connectivity index (χ0) is 19.0. The molecule has 2 aromatic carbocycles. The van der Waals surface area contributed by atoms with Gasteiger partial charge in [0, 0.05) is 22.5 Å². The van der Waals surface area contributed by atoms with Crippen molar-refractivity contribution < 1.29 is 4.21 Å². The predicted octanol–water partition coefficient (Wildman–Crippen LogP) is 6.58. The maximum Gasteiger partial charge on any atom is 0.100 e. The number of rotatable bonds is 5. The highest BCUT2D eigenvalue weighted by atomic mass is 32.2. The molecule has 27 heavy (non-hydrogen) atoms. The highest BCUT2D eigenvalue weighted by molar-refractivity contribution is 7.84. The predicted molar refractivity (Wildman–Crippen MR) is 121 cm³/mol. The molecule has 0 amide bonds. The quantitative estimate of drug-likeness (QED) is 0.362. The van der Waals surface area contributed by atoms with Gasteiger partial charge in [0.2, 0.25) is 0 Å². The molecular weight excluding hydrogens is 390 g/mol. The van der Waals surface area contributed by atoms with Crippen molar-refractivity contribution in [2.24, 2.45) is 0 Å². The maximum absolute atomic E-state index is 13.3. The summed E-state index contributed by atoms with van der Waals surface area (Å²) in [6.45, 7) is 7.53. The molecule has 140 valence electrons. The zero-order valence-corrected chi connectivity index (χ0v) is 18.2. The van der Waals surface area contributed by atoms with Crippen molar-refractivity contribution in [2.75, 3.05) is 0 Å². The lowest BCUT2D eigenvalue weighted by molar-refractivity contribution is 0.425. The summed E-state index contributed by atoms with van der Waals surface area (Å²) in [5.74, 6) is 0. The van der Waals surface area contributed by atoms with Gasteiger partial charge in [-0.05, 0) is 65.6 Å². The largest absolute Gasteiger partial charge is 0.242 e. The van der Waals surface area contributed by atoms with Crippen molar-refractivity contribution in [2.45, 2.75) is 38.6 Å². The molecule has 2 heterocycles. The van der Waals surface area contributed by atoms with Crippen LogP contribution in [0.4, 0.5) is 0 Å². The van der Waals surface area contributed by atoms with Gasteiger partial charge in [-0.15, -0.1) is 22.7 Å². The molecule has 1 atom stereocenters. The van der Waals surface area contributed by atoms with Crippen molar-refractivity contribution in [3.63, 3.8) is 0 Å². The molecule has 0 N–H and O–H groups in total. The molecule has 5 heteroatoms. The van der Waals surface area contributed by atoms with E-state index in [1.165, 1.54) is 31.3 Å². The van der Waals surface area contributed by atoms with Crippen molar-refractivity contribution >= 4 is 53.8 Å². The number of hydrogen-bond acceptors (Lipinski definition) is 3. The fourth-order valence-electron chi connectivity index (χ4n) is 3.25. The summed E-state index contributed by atoms with van der Waals surface area (Å²) >= 11 is 3.52. The molecule has 0 radical (unpaired) electrons. The van der Waals surface area contributed by atoms with Crippen LogP contribution < -0.4 is 0 Å². The second-order valence-electron chi connectivity index (χ2n) is 7.67. The van der Waals surface area contributed by atoms with Crippen LogP contribution in [0.3, 0.4) is 0 Å². The number of fused-ring (bicyclic) bond motifs is 2. The Balaban J connectivity index is 1.70. The van der Waals surface area contributed by atoms with E-state index in [-0.39, 0.29) is 4.75 Å². The monoisotopic (exact) mass is 413 g/mol. The summed E-state index contributed by atoms with van der Waals surface area (Å²) in [6, 6.07) is 16.9. The molecule has 0 aliphatic rings. The van der Waals surface area contributed by atoms with Crippen LogP contribution in [0.5, 0.6) is 0 Å². The van der Waals surface area contributed by atoms with E-state index in [1.807, 2.05) is 20.8 Å². The Morgan fingerprint density at radius 3 is 1.70 bits per heavy atom. The summed E-state index contributed by atoms with van der Waals surface area (Å²) in [5, 5.41) is 6.97. The Morgan fingerprint density at radius 2 is 1.26 bits per heavy atom. The van der Waals surface area contributed by atoms with Gasteiger partial charge in [0.25, 0.3) is 0 Å². The molecule has 0 spiro atoms. The minimum absolute atomic E-state index is 0.294. The Bertz CT molecular complexity index is 1030. The molecule has 2 aromatic heterocycles. The molecule has 4 aromatic rings. The Labute approximate surface area is 171 Å². The van der Waals surface area contributed by atoms with E-state index in [4.69, 9.17) is 0 Å². The van der Waals surface area contributed by atoms with E-state index in [0.717, 1.165) is 0 Å². The summed E-state index contributed by atoms with van der Waals surface area (Å²) in [4.78, 5) is 0. The normalized spacial score (nSPS) is 13.6. The third kappa shape index (κ3) is 3.87. The van der Waals surface area contributed by atoms with Gasteiger partial charge in [0.1, 0.15) is 11.0 Å². The molecule has 2 nitrogen and oxygen atoms in total. The second-order valence-corrected chi connectivity index (χ2v) is 11.7. The fraction of sp³-hybridized carbons (Fsp3) is 0.273. The van der Waals surface area contributed by atoms with Crippen LogP contribution in [-0.2, 0) is 24.1 Å². The van der Waals surface area contributed by atoms with Gasteiger partial charge in [0.05, 0.1) is 4.75 Å². The van der Waals surface area contributed by atoms with Crippen LogP contribution in [0.1, 0.15) is 31.9 Å². The van der Waals surface area contributed by atoms with E-state index >= 15 is 0 Å². The van der Waals surface area contributed by atoms with Crippen LogP contribution in [0.25, 0.3) is 20.2 Å². The molecule has 0 fully saturated rings. The first-order valence-corrected chi connectivity index (χ1v) is 11.9. The van der Waals surface area contributed by atoms with E-state index in [0.29, 0.717) is 13.1 Å². The SMILES string of the molecule is CC(C)(C)S(=O)N(Cc1csc2ccccc12)Cc1csc2ccccc12. The minimum atomic E-state index is -1.09. The first kappa shape index (κ1) is 18.8. The lowest BCUT2D eigenvalue weighted by Crippen LogP contribution is -2.36. The molecule has 0 saturated heterocycles. The van der Waals surface area contributed by atoms with Crippen molar-refractivity contribution in [1.29, 1.82) is 0 Å². The van der Waals surface area contributed by atoms with Gasteiger partial charge < -0.3 is 0 Å². The van der Waals surface area contributed by atoms with Crippen molar-refractivity contribution in [1.82, 2.24) is 4.31 Å². The van der Waals surface area contributed by atoms with Crippen molar-refractivity contribution in [3.8, 4) is 0 Å². The van der Waals surface area contributed by atoms with Gasteiger partial charge in [-0.2, -0.15) is 0 Å². The van der Waals surface area contributed by atoms with Gasteiger partial charge in [-0.25, -0.2) is 8.51 Å². The summed E-state index contributed by atoms with van der Waals surface area (Å²) < 4.78 is 17.7. The topological polar surface area (TPSA) is 20.3 Å². The van der Waals surface area contributed by atoms with Crippen LogP contribution in [0.2, 0.25) is 0 Å². The lowest BCUT2D eigenvalue weighted by atomic mass is 10.1. The third-order valence-corrected chi connectivity index (χ3v) is 8.37. The number of nitrogens with zero attached hydrogens (tertiary/aromatic N) is 1. The first-order chi connectivity index (χ1) is 12.9. The number of hydrogen-bond donors (Lipinski definition) is 0. The molecule has 0 aliphatic heterocycles. The maximum atomic E-state index is 13.3. The average Bonchev–Trinajstić information content (AvgIpc) is 3.25. The summed E-state index contributed by atoms with van der Waals surface area (Å²) in [7, 11) is -1.09. The van der Waals surface area contributed by atoms with Crippen molar-refractivity contribution in [3.05, 3.63) is 70.4 Å². The number of thiophene rings is 2. The van der Waals surface area contributed by atoms with Crippen LogP contribution in [-0.4, -0.2) is 13.3 Å². The molecule has 0 bridgehead atoms. The molecule has 4 rings (SSSR count). The zero-order valence-electron chi connectivity index (χ0n) is 15.8. The first-order valence-electron chi connectivity index (χ1n) is 9.00. The lowest BCUT2D eigenvalue weighted by Gasteiger charge is -2.28. The van der Waals surface area contributed by atoms with Gasteiger partial charge >= 0.3 is 0 Å². The van der Waals surface area contributed by atoms with Gasteiger partial charge in [-0.3, -0.25) is 0 Å². The van der Waals surface area contributed by atoms with E-state index < -0.39 is 11.0 Å². The fourth-order valence-corrected chi connectivity index (χ4v) is 6.45. The Hall–Kier alpha value is -1.53. The highest BCUT2D eigenvalue weighted by Gasteiger charge is 2.27. The van der Waals surface area contributed by atoms with Gasteiger partial charge in [0.15, 0.2) is 0 Å². The summed E-state index contributed by atoms with van der Waals surface area (Å²) in [5.41, 5.74) is 2.51. The summed E-state index contributed by atoms with van der Waals surface area (Å²) in [6.07, 6.45) is 0. The van der Waals surface area contributed by atoms with Crippen LogP contribution in [0.15, 0.2) is 59.3 Å². The van der Waals surface area contributed by atoms with E-state index in [1.54, 1.807) is 22.7 Å². The minimum Gasteiger partial charge on any atom is -0.242 e. The van der Waals surface area contributed by atoms with Gasteiger partial charge in [-0.1, -0.05) is 36.4 Å². The molecule has 0 aliphatic carbocycles. The third-order valence-electron chi connectivity index (χ3n) is 4.57. The highest BCUT2D eigenvalue weighted by Crippen LogP contribution is 2.31. The van der Waals surface area contributed by atoms with E-state index in [2.05, 4.69) is 63.6 Å². The molecule has 1 unspecified atom stereocenters. The average molecular weight is 414 g/mol. The smallest absolute Gasteiger partial charge is 0.100 e. The Morgan fingerprint density at radius 1 is 0.815 bits per heavy atom. The van der Waals surface area contributed by atoms with Crippen LogP contribution >= 0.6 is 22.7 Å². The molecular formula is C22H23NOS3. The van der Waals surface area contributed by atoms with E-state index in [9.17, 15) is 4.21 Å². The molecule has 0 saturated carbocycles.